The summed E-state index contributed by atoms with van der Waals surface area (Å²) in [6, 6.07) is 0. The van der Waals surface area contributed by atoms with Crippen LogP contribution in [0.2, 0.25) is 0 Å². The molecule has 0 aromatic heterocycles. The van der Waals surface area contributed by atoms with Crippen molar-refractivity contribution in [2.75, 3.05) is 13.2 Å². The van der Waals surface area contributed by atoms with Crippen molar-refractivity contribution in [2.45, 2.75) is 58.2 Å². The number of ether oxygens (including phenoxy) is 2. The van der Waals surface area contributed by atoms with E-state index < -0.39 is 23.3 Å². The molecule has 1 amide bonds. The van der Waals surface area contributed by atoms with Crippen molar-refractivity contribution in [2.24, 2.45) is 0 Å². The van der Waals surface area contributed by atoms with E-state index in [2.05, 4.69) is 0 Å². The minimum absolute atomic E-state index is 0.000336. The zero-order chi connectivity index (χ0) is 16.1. The Balaban J connectivity index is 2.58. The average molecular weight is 301 g/mol. The highest BCUT2D eigenvalue weighted by Crippen LogP contribution is 2.29. The van der Waals surface area contributed by atoms with E-state index in [1.807, 2.05) is 0 Å². The monoisotopic (exact) mass is 301 g/mol. The maximum atomic E-state index is 14.7. The third-order valence-corrected chi connectivity index (χ3v) is 2.93. The van der Waals surface area contributed by atoms with Crippen LogP contribution in [0.15, 0.2) is 12.3 Å². The zero-order valence-corrected chi connectivity index (χ0v) is 13.1. The third-order valence-electron chi connectivity index (χ3n) is 2.93. The Morgan fingerprint density at radius 1 is 1.38 bits per heavy atom. The van der Waals surface area contributed by atoms with Crippen molar-refractivity contribution in [1.82, 2.24) is 4.90 Å². The molecule has 0 spiro atoms. The Morgan fingerprint density at radius 2 is 2.05 bits per heavy atom. The number of esters is 1. The molecule has 21 heavy (non-hydrogen) atoms. The number of hydrogen-bond donors (Lipinski definition) is 0. The van der Waals surface area contributed by atoms with Crippen molar-refractivity contribution >= 4 is 12.1 Å². The zero-order valence-electron chi connectivity index (χ0n) is 13.1. The fourth-order valence-electron chi connectivity index (χ4n) is 2.00. The lowest BCUT2D eigenvalue weighted by molar-refractivity contribution is -0.144. The van der Waals surface area contributed by atoms with Gasteiger partial charge < -0.3 is 9.47 Å². The molecular weight excluding hydrogens is 277 g/mol. The number of hydrogen-bond acceptors (Lipinski definition) is 4. The molecule has 1 heterocycles. The van der Waals surface area contributed by atoms with E-state index in [1.165, 1.54) is 11.1 Å². The molecule has 0 N–H and O–H groups in total. The van der Waals surface area contributed by atoms with Crippen LogP contribution in [0.1, 0.15) is 47.0 Å². The van der Waals surface area contributed by atoms with Crippen molar-refractivity contribution < 1.29 is 23.5 Å². The summed E-state index contributed by atoms with van der Waals surface area (Å²) in [7, 11) is 0. The van der Waals surface area contributed by atoms with Gasteiger partial charge in [0.15, 0.2) is 0 Å². The maximum absolute atomic E-state index is 14.7. The van der Waals surface area contributed by atoms with E-state index in [0.717, 1.165) is 0 Å². The van der Waals surface area contributed by atoms with Gasteiger partial charge in [-0.2, -0.15) is 0 Å². The van der Waals surface area contributed by atoms with E-state index in [9.17, 15) is 14.0 Å². The Morgan fingerprint density at radius 3 is 2.62 bits per heavy atom. The lowest BCUT2D eigenvalue weighted by Gasteiger charge is -2.34. The highest BCUT2D eigenvalue weighted by atomic mass is 19.1. The van der Waals surface area contributed by atoms with Crippen LogP contribution < -0.4 is 0 Å². The minimum Gasteiger partial charge on any atom is -0.466 e. The molecule has 0 aromatic carbocycles. The quantitative estimate of drug-likeness (QED) is 0.748. The SMILES string of the molecule is CCOC(=O)CCC1(F)CC=CN(C(=O)OC(C)(C)C)C1. The number of amides is 1. The molecule has 0 aromatic rings. The first-order chi connectivity index (χ1) is 9.65. The Labute approximate surface area is 125 Å². The molecule has 0 bridgehead atoms. The summed E-state index contributed by atoms with van der Waals surface area (Å²) in [5, 5.41) is 0. The van der Waals surface area contributed by atoms with Crippen LogP contribution in [0, 0.1) is 0 Å². The van der Waals surface area contributed by atoms with Crippen molar-refractivity contribution in [1.29, 1.82) is 0 Å². The maximum Gasteiger partial charge on any atom is 0.414 e. The molecule has 1 rings (SSSR count). The highest BCUT2D eigenvalue weighted by molar-refractivity contribution is 5.70. The van der Waals surface area contributed by atoms with Gasteiger partial charge in [-0.05, 0) is 34.1 Å². The summed E-state index contributed by atoms with van der Waals surface area (Å²) in [6.07, 6.45) is 2.72. The van der Waals surface area contributed by atoms with Crippen LogP contribution in [0.4, 0.5) is 9.18 Å². The summed E-state index contributed by atoms with van der Waals surface area (Å²) in [6.45, 7) is 7.13. The van der Waals surface area contributed by atoms with E-state index in [1.54, 1.807) is 33.8 Å². The van der Waals surface area contributed by atoms with E-state index >= 15 is 0 Å². The first kappa shape index (κ1) is 17.5. The third kappa shape index (κ3) is 6.14. The number of rotatable bonds is 4. The first-order valence-electron chi connectivity index (χ1n) is 7.16. The van der Waals surface area contributed by atoms with Crippen molar-refractivity contribution in [3.8, 4) is 0 Å². The number of carbonyl (C=O) groups is 2. The van der Waals surface area contributed by atoms with Crippen molar-refractivity contribution in [3.05, 3.63) is 12.3 Å². The number of halogens is 1. The second kappa shape index (κ2) is 6.91. The summed E-state index contributed by atoms with van der Waals surface area (Å²) in [4.78, 5) is 24.5. The molecule has 0 saturated heterocycles. The standard InChI is InChI=1S/C15H24FNO4/c1-5-20-12(18)7-9-15(16)8-6-10-17(11-15)13(19)21-14(2,3)4/h6,10H,5,7-9,11H2,1-4H3. The Kier molecular flexibility index (Phi) is 5.75. The van der Waals surface area contributed by atoms with Gasteiger partial charge in [0.25, 0.3) is 0 Å². The average Bonchev–Trinajstić information content (AvgIpc) is 2.35. The van der Waals surface area contributed by atoms with Crippen molar-refractivity contribution in [3.63, 3.8) is 0 Å². The van der Waals surface area contributed by atoms with E-state index in [0.29, 0.717) is 0 Å². The predicted molar refractivity (Wildman–Crippen MR) is 76.4 cm³/mol. The molecule has 1 atom stereocenters. The molecule has 0 saturated carbocycles. The second-order valence-electron chi connectivity index (χ2n) is 6.15. The molecule has 0 aliphatic carbocycles. The first-order valence-corrected chi connectivity index (χ1v) is 7.16. The fourth-order valence-corrected chi connectivity index (χ4v) is 2.00. The summed E-state index contributed by atoms with van der Waals surface area (Å²) in [5.41, 5.74) is -2.26. The predicted octanol–water partition coefficient (Wildman–Crippen LogP) is 3.19. The van der Waals surface area contributed by atoms with Gasteiger partial charge in [0.1, 0.15) is 11.3 Å². The molecule has 1 aliphatic rings. The van der Waals surface area contributed by atoms with Gasteiger partial charge in [0.2, 0.25) is 0 Å². The molecule has 0 fully saturated rings. The lowest BCUT2D eigenvalue weighted by atomic mass is 9.93. The van der Waals surface area contributed by atoms with Crippen LogP contribution in [-0.2, 0) is 14.3 Å². The van der Waals surface area contributed by atoms with Gasteiger partial charge in [-0.1, -0.05) is 6.08 Å². The van der Waals surface area contributed by atoms with Crippen LogP contribution in [0.3, 0.4) is 0 Å². The van der Waals surface area contributed by atoms with Crippen LogP contribution in [-0.4, -0.2) is 41.4 Å². The van der Waals surface area contributed by atoms with Gasteiger partial charge in [0, 0.05) is 19.0 Å². The van der Waals surface area contributed by atoms with Gasteiger partial charge in [-0.3, -0.25) is 9.69 Å². The molecule has 5 nitrogen and oxygen atoms in total. The molecule has 1 unspecified atom stereocenters. The lowest BCUT2D eigenvalue weighted by Crippen LogP contribution is -2.44. The molecule has 120 valence electrons. The summed E-state index contributed by atoms with van der Waals surface area (Å²) in [5.74, 6) is -0.423. The van der Waals surface area contributed by atoms with E-state index in [4.69, 9.17) is 9.47 Å². The largest absolute Gasteiger partial charge is 0.466 e. The van der Waals surface area contributed by atoms with E-state index in [-0.39, 0.29) is 32.4 Å². The fraction of sp³-hybridized carbons (Fsp3) is 0.733. The van der Waals surface area contributed by atoms with Gasteiger partial charge in [-0.15, -0.1) is 0 Å². The smallest absolute Gasteiger partial charge is 0.414 e. The second-order valence-corrected chi connectivity index (χ2v) is 6.15. The topological polar surface area (TPSA) is 55.8 Å². The Hall–Kier alpha value is -1.59. The van der Waals surface area contributed by atoms with Crippen LogP contribution >= 0.6 is 0 Å². The molecule has 1 aliphatic heterocycles. The Bertz CT molecular complexity index is 416. The molecular formula is C15H24FNO4. The number of allylic oxidation sites excluding steroid dienone is 1. The minimum atomic E-state index is -1.63. The van der Waals surface area contributed by atoms with Crippen LogP contribution in [0.25, 0.3) is 0 Å². The molecule has 6 heteroatoms. The molecule has 0 radical (unpaired) electrons. The summed E-state index contributed by atoms with van der Waals surface area (Å²) < 4.78 is 24.7. The highest BCUT2D eigenvalue weighted by Gasteiger charge is 2.36. The van der Waals surface area contributed by atoms with Gasteiger partial charge >= 0.3 is 12.1 Å². The van der Waals surface area contributed by atoms with Crippen LogP contribution in [0.5, 0.6) is 0 Å². The number of nitrogens with zero attached hydrogens (tertiary/aromatic N) is 1. The summed E-state index contributed by atoms with van der Waals surface area (Å²) >= 11 is 0. The van der Waals surface area contributed by atoms with Gasteiger partial charge in [0.05, 0.1) is 13.2 Å². The normalized spacial score (nSPS) is 22.0. The number of alkyl halides is 1. The van der Waals surface area contributed by atoms with Gasteiger partial charge in [-0.25, -0.2) is 9.18 Å². The number of carbonyl (C=O) groups excluding carboxylic acids is 2.